The number of carbonyl (C=O) groups is 6. The maximum absolute atomic E-state index is 12.7. The van der Waals surface area contributed by atoms with Crippen molar-refractivity contribution in [2.75, 3.05) is 50.7 Å². The van der Waals surface area contributed by atoms with Crippen LogP contribution in [0.15, 0.2) is 36.4 Å². The van der Waals surface area contributed by atoms with Gasteiger partial charge in [0, 0.05) is 76.3 Å². The Labute approximate surface area is 272 Å². The van der Waals surface area contributed by atoms with Gasteiger partial charge < -0.3 is 30.2 Å². The standard InChI is InChI=1S/C33H40N4O10/c1-3-28(38)35-21-8-10-23-24-11-9-22(36-30(40)7-4-6-29(39)34-14-17-45-16-5-15-44-2)19-26(24)27(25(23)18-21)20-46-33(43)47-37-31(41)12-13-32(37)42/h8-11,18-19,27H,3-7,12-17,20H2,1-2H3,(H,34,39)(H,35,38)(H,36,40). The molecule has 1 unspecified atom stereocenters. The lowest BCUT2D eigenvalue weighted by Gasteiger charge is -2.17. The first kappa shape index (κ1) is 35.0. The van der Waals surface area contributed by atoms with Crippen LogP contribution in [0.4, 0.5) is 16.2 Å². The smallest absolute Gasteiger partial charge is 0.432 e. The fourth-order valence-corrected chi connectivity index (χ4v) is 5.25. The van der Waals surface area contributed by atoms with Crippen LogP contribution in [0, 0.1) is 0 Å². The van der Waals surface area contributed by atoms with Crippen molar-refractivity contribution in [3.05, 3.63) is 47.5 Å². The van der Waals surface area contributed by atoms with Crippen LogP contribution >= 0.6 is 0 Å². The minimum Gasteiger partial charge on any atom is -0.432 e. The molecule has 5 amide bonds. The van der Waals surface area contributed by atoms with Gasteiger partial charge in [0.1, 0.15) is 6.61 Å². The Morgan fingerprint density at radius 1 is 0.809 bits per heavy atom. The van der Waals surface area contributed by atoms with Gasteiger partial charge >= 0.3 is 6.16 Å². The summed E-state index contributed by atoms with van der Waals surface area (Å²) in [4.78, 5) is 77.9. The summed E-state index contributed by atoms with van der Waals surface area (Å²) in [5, 5.41) is 8.88. The van der Waals surface area contributed by atoms with E-state index in [-0.39, 0.29) is 50.0 Å². The average molecular weight is 653 g/mol. The predicted molar refractivity (Wildman–Crippen MR) is 169 cm³/mol. The van der Waals surface area contributed by atoms with Crippen molar-refractivity contribution in [2.24, 2.45) is 0 Å². The molecule has 0 saturated carbocycles. The summed E-state index contributed by atoms with van der Waals surface area (Å²) >= 11 is 0. The molecule has 252 valence electrons. The van der Waals surface area contributed by atoms with Gasteiger partial charge in [-0.05, 0) is 59.4 Å². The van der Waals surface area contributed by atoms with Crippen LogP contribution in [0.1, 0.15) is 68.9 Å². The second kappa shape index (κ2) is 17.2. The zero-order valence-electron chi connectivity index (χ0n) is 26.6. The highest BCUT2D eigenvalue weighted by atomic mass is 16.8. The topological polar surface area (TPSA) is 179 Å². The summed E-state index contributed by atoms with van der Waals surface area (Å²) in [7, 11) is 1.63. The third-order valence-electron chi connectivity index (χ3n) is 7.59. The van der Waals surface area contributed by atoms with E-state index in [2.05, 4.69) is 16.0 Å². The van der Waals surface area contributed by atoms with Gasteiger partial charge in [-0.15, -0.1) is 0 Å². The van der Waals surface area contributed by atoms with E-state index in [1.54, 1.807) is 38.3 Å². The summed E-state index contributed by atoms with van der Waals surface area (Å²) in [5.41, 5.74) is 4.29. The molecule has 3 N–H and O–H groups in total. The number of hydrogen-bond donors (Lipinski definition) is 3. The molecule has 1 heterocycles. The molecule has 4 rings (SSSR count). The van der Waals surface area contributed by atoms with E-state index in [1.807, 2.05) is 12.1 Å². The van der Waals surface area contributed by atoms with Crippen LogP contribution in [0.3, 0.4) is 0 Å². The van der Waals surface area contributed by atoms with Crippen LogP contribution in [0.2, 0.25) is 0 Å². The Balaban J connectivity index is 1.36. The van der Waals surface area contributed by atoms with Crippen molar-refractivity contribution in [1.82, 2.24) is 10.4 Å². The molecule has 0 bridgehead atoms. The van der Waals surface area contributed by atoms with E-state index in [9.17, 15) is 28.8 Å². The number of rotatable bonds is 17. The summed E-state index contributed by atoms with van der Waals surface area (Å²) in [5.74, 6) is -2.36. The van der Waals surface area contributed by atoms with Crippen molar-refractivity contribution in [3.63, 3.8) is 0 Å². The first-order valence-electron chi connectivity index (χ1n) is 15.6. The highest BCUT2D eigenvalue weighted by Crippen LogP contribution is 2.47. The Hall–Kier alpha value is -4.82. The number of fused-ring (bicyclic) bond motifs is 3. The van der Waals surface area contributed by atoms with Gasteiger partial charge in [0.05, 0.1) is 6.61 Å². The molecule has 1 aliphatic heterocycles. The van der Waals surface area contributed by atoms with Gasteiger partial charge in [-0.2, -0.15) is 0 Å². The van der Waals surface area contributed by atoms with E-state index in [0.29, 0.717) is 55.6 Å². The molecule has 2 aromatic rings. The van der Waals surface area contributed by atoms with Gasteiger partial charge in [-0.1, -0.05) is 24.1 Å². The molecule has 0 spiro atoms. The zero-order valence-corrected chi connectivity index (χ0v) is 26.6. The normalized spacial score (nSPS) is 14.8. The van der Waals surface area contributed by atoms with Crippen LogP contribution in [-0.2, 0) is 43.0 Å². The largest absolute Gasteiger partial charge is 0.533 e. The van der Waals surface area contributed by atoms with Gasteiger partial charge in [0.15, 0.2) is 0 Å². The van der Waals surface area contributed by atoms with Crippen molar-refractivity contribution in [1.29, 1.82) is 0 Å². The minimum absolute atomic E-state index is 0.0467. The lowest BCUT2D eigenvalue weighted by Crippen LogP contribution is -2.32. The van der Waals surface area contributed by atoms with E-state index < -0.39 is 23.9 Å². The SMILES string of the molecule is CCC(=O)Nc1ccc2c(c1)C(COC(=O)ON1C(=O)CCC1=O)c1cc(NC(=O)CCCC(=O)NCCOCCCOC)ccc1-2. The molecular formula is C33H40N4O10. The van der Waals surface area contributed by atoms with Crippen molar-refractivity contribution in [3.8, 4) is 11.1 Å². The molecular weight excluding hydrogens is 612 g/mol. The van der Waals surface area contributed by atoms with Crippen LogP contribution in [0.25, 0.3) is 11.1 Å². The summed E-state index contributed by atoms with van der Waals surface area (Å²) in [6.07, 6.45) is 0.455. The van der Waals surface area contributed by atoms with Crippen LogP contribution in [0.5, 0.6) is 0 Å². The Kier molecular flexibility index (Phi) is 12.8. The van der Waals surface area contributed by atoms with E-state index >= 15 is 0 Å². The third-order valence-corrected chi connectivity index (χ3v) is 7.59. The van der Waals surface area contributed by atoms with E-state index in [0.717, 1.165) is 28.7 Å². The third kappa shape index (κ3) is 9.83. The first-order chi connectivity index (χ1) is 22.7. The number of carbonyl (C=O) groups excluding carboxylic acids is 6. The summed E-state index contributed by atoms with van der Waals surface area (Å²) < 4.78 is 15.7. The van der Waals surface area contributed by atoms with Crippen molar-refractivity contribution < 1.29 is 47.8 Å². The maximum Gasteiger partial charge on any atom is 0.533 e. The van der Waals surface area contributed by atoms with E-state index in [4.69, 9.17) is 19.0 Å². The molecule has 1 saturated heterocycles. The number of ether oxygens (including phenoxy) is 3. The molecule has 1 aliphatic carbocycles. The number of nitrogens with one attached hydrogen (secondary N) is 3. The highest BCUT2D eigenvalue weighted by molar-refractivity contribution is 6.01. The quantitative estimate of drug-likeness (QED) is 0.130. The Morgan fingerprint density at radius 2 is 1.43 bits per heavy atom. The second-order valence-corrected chi connectivity index (χ2v) is 11.0. The molecule has 0 aromatic heterocycles. The van der Waals surface area contributed by atoms with Crippen LogP contribution < -0.4 is 16.0 Å². The molecule has 2 aliphatic rings. The van der Waals surface area contributed by atoms with Crippen molar-refractivity contribution in [2.45, 2.75) is 57.8 Å². The fraction of sp³-hybridized carbons (Fsp3) is 0.455. The molecule has 1 atom stereocenters. The average Bonchev–Trinajstić information content (AvgIpc) is 3.53. The molecule has 14 nitrogen and oxygen atoms in total. The number of hydrogen-bond acceptors (Lipinski definition) is 10. The summed E-state index contributed by atoms with van der Waals surface area (Å²) in [6.45, 7) is 3.50. The van der Waals surface area contributed by atoms with Gasteiger partial charge in [-0.25, -0.2) is 4.79 Å². The Morgan fingerprint density at radius 3 is 2.04 bits per heavy atom. The van der Waals surface area contributed by atoms with Gasteiger partial charge in [-0.3, -0.25) is 28.8 Å². The first-order valence-corrected chi connectivity index (χ1v) is 15.6. The number of nitrogens with zero attached hydrogens (tertiary/aromatic N) is 1. The lowest BCUT2D eigenvalue weighted by molar-refractivity contribution is -0.177. The number of amides is 5. The molecule has 2 aromatic carbocycles. The lowest BCUT2D eigenvalue weighted by atomic mass is 9.97. The number of imide groups is 1. The second-order valence-electron chi connectivity index (χ2n) is 11.0. The minimum atomic E-state index is -1.21. The van der Waals surface area contributed by atoms with Gasteiger partial charge in [0.2, 0.25) is 17.7 Å². The predicted octanol–water partition coefficient (Wildman–Crippen LogP) is 3.64. The Bertz CT molecular complexity index is 1480. The molecule has 14 heteroatoms. The molecule has 1 fully saturated rings. The monoisotopic (exact) mass is 652 g/mol. The number of hydroxylamine groups is 2. The van der Waals surface area contributed by atoms with Crippen molar-refractivity contribution >= 4 is 47.1 Å². The zero-order chi connectivity index (χ0) is 33.8. The fourth-order valence-electron chi connectivity index (χ4n) is 5.25. The summed E-state index contributed by atoms with van der Waals surface area (Å²) in [6, 6.07) is 10.8. The number of benzene rings is 2. The van der Waals surface area contributed by atoms with Gasteiger partial charge in [0.25, 0.3) is 11.8 Å². The van der Waals surface area contributed by atoms with Crippen LogP contribution in [-0.4, -0.2) is 80.8 Å². The maximum atomic E-state index is 12.7. The molecule has 0 radical (unpaired) electrons. The highest BCUT2D eigenvalue weighted by Gasteiger charge is 2.35. The number of methoxy groups -OCH3 is 1. The number of anilines is 2. The van der Waals surface area contributed by atoms with E-state index in [1.165, 1.54) is 0 Å². The molecule has 47 heavy (non-hydrogen) atoms.